The number of nitrogens with one attached hydrogen (secondary N) is 1. The van der Waals surface area contributed by atoms with Crippen molar-refractivity contribution in [2.24, 2.45) is 0 Å². The highest BCUT2D eigenvalue weighted by Crippen LogP contribution is 2.23. The molecule has 6 nitrogen and oxygen atoms in total. The minimum atomic E-state index is -0.216. The maximum atomic E-state index is 12.6. The predicted octanol–water partition coefficient (Wildman–Crippen LogP) is 4.64. The van der Waals surface area contributed by atoms with E-state index in [1.165, 1.54) is 0 Å². The second-order valence-electron chi connectivity index (χ2n) is 6.31. The fraction of sp³-hybridized carbons (Fsp3) is 0.0952. The minimum absolute atomic E-state index is 0.216. The summed E-state index contributed by atoms with van der Waals surface area (Å²) in [7, 11) is 1.57. The van der Waals surface area contributed by atoms with Gasteiger partial charge in [0.1, 0.15) is 16.8 Å². The molecule has 1 aromatic heterocycles. The van der Waals surface area contributed by atoms with Gasteiger partial charge in [0.25, 0.3) is 5.91 Å². The number of halogens is 1. The van der Waals surface area contributed by atoms with Crippen LogP contribution in [0.5, 0.6) is 5.75 Å². The number of hydrogen-bond acceptors (Lipinski definition) is 4. The molecule has 1 heterocycles. The summed E-state index contributed by atoms with van der Waals surface area (Å²) in [6, 6.07) is 18.0. The number of anilines is 1. The number of carbonyl (C=O) groups excluding carboxylic acids is 1. The highest BCUT2D eigenvalue weighted by Gasteiger charge is 2.12. The third-order valence-corrected chi connectivity index (χ3v) is 4.62. The van der Waals surface area contributed by atoms with Gasteiger partial charge in [-0.25, -0.2) is 0 Å². The molecule has 4 rings (SSSR count). The summed E-state index contributed by atoms with van der Waals surface area (Å²) < 4.78 is 5.18. The van der Waals surface area contributed by atoms with E-state index >= 15 is 0 Å². The highest BCUT2D eigenvalue weighted by atomic mass is 35.5. The lowest BCUT2D eigenvalue weighted by Gasteiger charge is -2.09. The standard InChI is InChI=1S/C21H17ClN4O2/c1-13-10-19-20(25-26(24-19)16-8-6-15(22)7-9-16)12-18(13)23-21(27)14-4-3-5-17(11-14)28-2/h3-12H,1-2H3,(H,23,27). The Balaban J connectivity index is 1.65. The zero-order valence-corrected chi connectivity index (χ0v) is 16.1. The van der Waals surface area contributed by atoms with Crippen molar-refractivity contribution >= 4 is 34.2 Å². The molecule has 140 valence electrons. The Bertz CT molecular complexity index is 1170. The molecule has 0 unspecified atom stereocenters. The summed E-state index contributed by atoms with van der Waals surface area (Å²) in [4.78, 5) is 14.2. The summed E-state index contributed by atoms with van der Waals surface area (Å²) in [5.41, 5.74) is 4.33. The monoisotopic (exact) mass is 392 g/mol. The first-order valence-corrected chi connectivity index (χ1v) is 9.00. The molecule has 28 heavy (non-hydrogen) atoms. The van der Waals surface area contributed by atoms with Crippen LogP contribution in [0.25, 0.3) is 16.7 Å². The molecule has 4 aromatic rings. The second kappa shape index (κ2) is 7.32. The summed E-state index contributed by atoms with van der Waals surface area (Å²) in [5, 5.41) is 12.6. The van der Waals surface area contributed by atoms with E-state index in [4.69, 9.17) is 16.3 Å². The Kier molecular flexibility index (Phi) is 4.71. The molecule has 0 bridgehead atoms. The van der Waals surface area contributed by atoms with Gasteiger partial charge in [0.15, 0.2) is 0 Å². The van der Waals surface area contributed by atoms with Gasteiger partial charge in [0.2, 0.25) is 0 Å². The van der Waals surface area contributed by atoms with Crippen molar-refractivity contribution in [3.05, 3.63) is 76.8 Å². The maximum Gasteiger partial charge on any atom is 0.255 e. The Labute approximate surface area is 166 Å². The normalized spacial score (nSPS) is 10.8. The van der Waals surface area contributed by atoms with E-state index in [9.17, 15) is 4.79 Å². The van der Waals surface area contributed by atoms with Crippen LogP contribution < -0.4 is 10.1 Å². The van der Waals surface area contributed by atoms with Gasteiger partial charge in [-0.1, -0.05) is 17.7 Å². The minimum Gasteiger partial charge on any atom is -0.497 e. The van der Waals surface area contributed by atoms with Crippen LogP contribution in [0, 0.1) is 6.92 Å². The number of rotatable bonds is 4. The molecular weight excluding hydrogens is 376 g/mol. The lowest BCUT2D eigenvalue weighted by Crippen LogP contribution is -2.12. The van der Waals surface area contributed by atoms with Crippen molar-refractivity contribution in [2.75, 3.05) is 12.4 Å². The van der Waals surface area contributed by atoms with E-state index in [1.54, 1.807) is 48.3 Å². The highest BCUT2D eigenvalue weighted by molar-refractivity contribution is 6.30. The molecule has 3 aromatic carbocycles. The summed E-state index contributed by atoms with van der Waals surface area (Å²) in [6.45, 7) is 1.92. The molecule has 0 aliphatic heterocycles. The molecule has 1 amide bonds. The molecule has 1 N–H and O–H groups in total. The van der Waals surface area contributed by atoms with E-state index in [-0.39, 0.29) is 5.91 Å². The van der Waals surface area contributed by atoms with Crippen LogP contribution in [-0.2, 0) is 0 Å². The fourth-order valence-corrected chi connectivity index (χ4v) is 2.98. The molecule has 0 aliphatic rings. The number of nitrogens with zero attached hydrogens (tertiary/aromatic N) is 3. The van der Waals surface area contributed by atoms with Crippen molar-refractivity contribution in [1.82, 2.24) is 15.0 Å². The zero-order valence-electron chi connectivity index (χ0n) is 15.3. The Morgan fingerprint density at radius 1 is 1.04 bits per heavy atom. The number of benzene rings is 3. The van der Waals surface area contributed by atoms with E-state index < -0.39 is 0 Å². The van der Waals surface area contributed by atoms with Crippen LogP contribution in [0.3, 0.4) is 0 Å². The number of aromatic nitrogens is 3. The quantitative estimate of drug-likeness (QED) is 0.549. The number of ether oxygens (including phenoxy) is 1. The van der Waals surface area contributed by atoms with Crippen LogP contribution in [-0.4, -0.2) is 28.0 Å². The molecule has 0 saturated heterocycles. The molecule has 0 saturated carbocycles. The van der Waals surface area contributed by atoms with Gasteiger partial charge in [-0.2, -0.15) is 4.80 Å². The van der Waals surface area contributed by atoms with Gasteiger partial charge in [-0.3, -0.25) is 4.79 Å². The predicted molar refractivity (Wildman–Crippen MR) is 110 cm³/mol. The molecule has 0 spiro atoms. The van der Waals surface area contributed by atoms with Gasteiger partial charge < -0.3 is 10.1 Å². The van der Waals surface area contributed by atoms with Crippen molar-refractivity contribution in [1.29, 1.82) is 0 Å². The molecule has 7 heteroatoms. The number of methoxy groups -OCH3 is 1. The van der Waals surface area contributed by atoms with Crippen molar-refractivity contribution in [3.8, 4) is 11.4 Å². The van der Waals surface area contributed by atoms with E-state index in [2.05, 4.69) is 15.5 Å². The number of hydrogen-bond donors (Lipinski definition) is 1. The lowest BCUT2D eigenvalue weighted by molar-refractivity contribution is 0.102. The summed E-state index contributed by atoms with van der Waals surface area (Å²) in [6.07, 6.45) is 0. The van der Waals surface area contributed by atoms with Crippen LogP contribution in [0.2, 0.25) is 5.02 Å². The number of fused-ring (bicyclic) bond motifs is 1. The van der Waals surface area contributed by atoms with Gasteiger partial charge in [-0.05, 0) is 67.1 Å². The summed E-state index contributed by atoms with van der Waals surface area (Å²) >= 11 is 5.94. The third-order valence-electron chi connectivity index (χ3n) is 4.36. The van der Waals surface area contributed by atoms with Gasteiger partial charge in [0, 0.05) is 16.3 Å². The zero-order chi connectivity index (χ0) is 19.7. The third kappa shape index (κ3) is 3.54. The first-order chi connectivity index (χ1) is 13.5. The van der Waals surface area contributed by atoms with Crippen LogP contribution in [0.1, 0.15) is 15.9 Å². The molecule has 0 atom stereocenters. The topological polar surface area (TPSA) is 69.0 Å². The van der Waals surface area contributed by atoms with Gasteiger partial charge in [-0.15, -0.1) is 10.2 Å². The number of carbonyl (C=O) groups is 1. The first-order valence-electron chi connectivity index (χ1n) is 8.62. The van der Waals surface area contributed by atoms with Crippen LogP contribution in [0.4, 0.5) is 5.69 Å². The average Bonchev–Trinajstić information content (AvgIpc) is 3.11. The van der Waals surface area contributed by atoms with E-state index in [0.29, 0.717) is 27.5 Å². The SMILES string of the molecule is COc1cccc(C(=O)Nc2cc3nn(-c4ccc(Cl)cc4)nc3cc2C)c1. The van der Waals surface area contributed by atoms with Crippen molar-refractivity contribution < 1.29 is 9.53 Å². The van der Waals surface area contributed by atoms with Gasteiger partial charge in [0.05, 0.1) is 12.8 Å². The van der Waals surface area contributed by atoms with Crippen LogP contribution in [0.15, 0.2) is 60.7 Å². The molecule has 0 radical (unpaired) electrons. The van der Waals surface area contributed by atoms with Crippen LogP contribution >= 0.6 is 11.6 Å². The number of amides is 1. The number of aryl methyl sites for hydroxylation is 1. The Morgan fingerprint density at radius 2 is 1.75 bits per heavy atom. The fourth-order valence-electron chi connectivity index (χ4n) is 2.85. The molecular formula is C21H17ClN4O2. The largest absolute Gasteiger partial charge is 0.497 e. The van der Waals surface area contributed by atoms with E-state index in [0.717, 1.165) is 16.8 Å². The van der Waals surface area contributed by atoms with E-state index in [1.807, 2.05) is 31.2 Å². The average molecular weight is 393 g/mol. The molecule has 0 aliphatic carbocycles. The maximum absolute atomic E-state index is 12.6. The smallest absolute Gasteiger partial charge is 0.255 e. The Hall–Kier alpha value is -3.38. The first kappa shape index (κ1) is 18.0. The van der Waals surface area contributed by atoms with Crippen molar-refractivity contribution in [2.45, 2.75) is 6.92 Å². The lowest BCUT2D eigenvalue weighted by atomic mass is 10.1. The second-order valence-corrected chi connectivity index (χ2v) is 6.74. The summed E-state index contributed by atoms with van der Waals surface area (Å²) in [5.74, 6) is 0.414. The Morgan fingerprint density at radius 3 is 2.46 bits per heavy atom. The van der Waals surface area contributed by atoms with Crippen molar-refractivity contribution in [3.63, 3.8) is 0 Å². The van der Waals surface area contributed by atoms with Gasteiger partial charge >= 0.3 is 0 Å². The molecule has 0 fully saturated rings.